The Labute approximate surface area is 141 Å². The van der Waals surface area contributed by atoms with Gasteiger partial charge in [0.1, 0.15) is 5.02 Å². The Morgan fingerprint density at radius 3 is 2.87 bits per heavy atom. The lowest BCUT2D eigenvalue weighted by molar-refractivity contribution is -0.384. The van der Waals surface area contributed by atoms with E-state index in [9.17, 15) is 14.9 Å². The zero-order valence-corrected chi connectivity index (χ0v) is 13.9. The van der Waals surface area contributed by atoms with Crippen LogP contribution in [0.5, 0.6) is 0 Å². The van der Waals surface area contributed by atoms with E-state index in [1.54, 1.807) is 13.0 Å². The van der Waals surface area contributed by atoms with E-state index in [2.05, 4.69) is 15.5 Å². The molecule has 0 bridgehead atoms. The molecule has 1 aromatic heterocycles. The van der Waals surface area contributed by atoms with E-state index < -0.39 is 4.92 Å². The molecule has 120 valence electrons. The van der Waals surface area contributed by atoms with Crippen molar-refractivity contribution in [3.8, 4) is 0 Å². The molecule has 1 amide bonds. The molecule has 0 aliphatic heterocycles. The van der Waals surface area contributed by atoms with Gasteiger partial charge < -0.3 is 0 Å². The summed E-state index contributed by atoms with van der Waals surface area (Å²) >= 11 is 7.23. The zero-order valence-electron chi connectivity index (χ0n) is 12.4. The highest BCUT2D eigenvalue weighted by molar-refractivity contribution is 7.09. The van der Waals surface area contributed by atoms with Crippen molar-refractivity contribution in [1.82, 2.24) is 10.4 Å². The van der Waals surface area contributed by atoms with Gasteiger partial charge in [0, 0.05) is 17.0 Å². The molecule has 0 atom stereocenters. The number of halogens is 1. The van der Waals surface area contributed by atoms with Crippen LogP contribution in [0, 0.1) is 17.0 Å². The third-order valence-corrected chi connectivity index (χ3v) is 4.06. The first-order valence-electron chi connectivity index (χ1n) is 6.55. The number of hydrogen-bond acceptors (Lipinski definition) is 6. The number of nitrogens with zero attached hydrogens (tertiary/aromatic N) is 3. The van der Waals surface area contributed by atoms with E-state index in [4.69, 9.17) is 11.6 Å². The molecule has 0 unspecified atom stereocenters. The van der Waals surface area contributed by atoms with Crippen LogP contribution < -0.4 is 5.43 Å². The van der Waals surface area contributed by atoms with Crippen molar-refractivity contribution >= 4 is 40.2 Å². The summed E-state index contributed by atoms with van der Waals surface area (Å²) in [7, 11) is 0. The number of aromatic nitrogens is 1. The predicted octanol–water partition coefficient (Wildman–Crippen LogP) is 3.10. The van der Waals surface area contributed by atoms with Gasteiger partial charge in [0.05, 0.1) is 27.8 Å². The minimum Gasteiger partial charge on any atom is -0.273 e. The SMILES string of the molecule is C/C(=N/NC(=O)Cc1csc(C)n1)c1ccc(Cl)c([N+](=O)[O-])c1. The topological polar surface area (TPSA) is 97.5 Å². The molecular formula is C14H13ClN4O3S. The largest absolute Gasteiger partial charge is 0.288 e. The number of benzene rings is 1. The number of carbonyl (C=O) groups is 1. The van der Waals surface area contributed by atoms with Gasteiger partial charge in [0.25, 0.3) is 5.69 Å². The lowest BCUT2D eigenvalue weighted by Gasteiger charge is -2.03. The number of amides is 1. The number of nitro benzene ring substituents is 1. The van der Waals surface area contributed by atoms with Crippen molar-refractivity contribution in [2.75, 3.05) is 0 Å². The number of rotatable bonds is 5. The molecule has 9 heteroatoms. The van der Waals surface area contributed by atoms with Crippen LogP contribution in [0.4, 0.5) is 5.69 Å². The summed E-state index contributed by atoms with van der Waals surface area (Å²) < 4.78 is 0. The highest BCUT2D eigenvalue weighted by Crippen LogP contribution is 2.25. The fraction of sp³-hybridized carbons (Fsp3) is 0.214. The molecule has 0 aliphatic rings. The second-order valence-electron chi connectivity index (χ2n) is 4.69. The van der Waals surface area contributed by atoms with E-state index in [1.165, 1.54) is 23.5 Å². The molecule has 7 nitrogen and oxygen atoms in total. The number of nitro groups is 1. The van der Waals surface area contributed by atoms with Crippen molar-refractivity contribution in [2.24, 2.45) is 5.10 Å². The first kappa shape index (κ1) is 17.0. The summed E-state index contributed by atoms with van der Waals surface area (Å²) in [6.45, 7) is 3.50. The van der Waals surface area contributed by atoms with Gasteiger partial charge >= 0.3 is 0 Å². The van der Waals surface area contributed by atoms with E-state index >= 15 is 0 Å². The molecule has 23 heavy (non-hydrogen) atoms. The van der Waals surface area contributed by atoms with Crippen LogP contribution >= 0.6 is 22.9 Å². The lowest BCUT2D eigenvalue weighted by atomic mass is 10.1. The maximum absolute atomic E-state index is 11.8. The highest BCUT2D eigenvalue weighted by atomic mass is 35.5. The van der Waals surface area contributed by atoms with Crippen LogP contribution in [0.2, 0.25) is 5.02 Å². The average molecular weight is 353 g/mol. The van der Waals surface area contributed by atoms with Crippen molar-refractivity contribution in [3.05, 3.63) is 55.0 Å². The normalized spacial score (nSPS) is 11.3. The summed E-state index contributed by atoms with van der Waals surface area (Å²) in [5.74, 6) is -0.307. The maximum atomic E-state index is 11.8. The molecule has 2 rings (SSSR count). The predicted molar refractivity (Wildman–Crippen MR) is 89.0 cm³/mol. The van der Waals surface area contributed by atoms with Crippen LogP contribution in [0.1, 0.15) is 23.2 Å². The van der Waals surface area contributed by atoms with Crippen LogP contribution in [0.15, 0.2) is 28.7 Å². The first-order valence-corrected chi connectivity index (χ1v) is 7.81. The smallest absolute Gasteiger partial charge is 0.273 e. The van der Waals surface area contributed by atoms with Crippen molar-refractivity contribution in [3.63, 3.8) is 0 Å². The molecule has 0 radical (unpaired) electrons. The number of carbonyl (C=O) groups excluding carboxylic acids is 1. The zero-order chi connectivity index (χ0) is 17.0. The van der Waals surface area contributed by atoms with E-state index in [1.807, 2.05) is 12.3 Å². The summed E-state index contributed by atoms with van der Waals surface area (Å²) in [5.41, 5.74) is 3.83. The standard InChI is InChI=1S/C14H13ClN4O3S/c1-8(10-3-4-12(15)13(5-10)19(21)22)17-18-14(20)6-11-7-23-9(2)16-11/h3-5,7H,6H2,1-2H3,(H,18,20)/b17-8-. The van der Waals surface area contributed by atoms with Gasteiger partial charge in [-0.25, -0.2) is 10.4 Å². The molecule has 0 fully saturated rings. The van der Waals surface area contributed by atoms with E-state index in [-0.39, 0.29) is 23.0 Å². The molecule has 0 saturated heterocycles. The summed E-state index contributed by atoms with van der Waals surface area (Å²) in [4.78, 5) is 26.3. The molecule has 1 aromatic carbocycles. The Hall–Kier alpha value is -2.32. The van der Waals surface area contributed by atoms with Gasteiger partial charge in [-0.15, -0.1) is 11.3 Å². The van der Waals surface area contributed by atoms with Gasteiger partial charge in [0.2, 0.25) is 5.91 Å². The highest BCUT2D eigenvalue weighted by Gasteiger charge is 2.14. The van der Waals surface area contributed by atoms with Crippen molar-refractivity contribution in [2.45, 2.75) is 20.3 Å². The summed E-state index contributed by atoms with van der Waals surface area (Å²) in [6, 6.07) is 4.34. The Morgan fingerprint density at radius 1 is 1.52 bits per heavy atom. The van der Waals surface area contributed by atoms with Crippen LogP contribution in [0.25, 0.3) is 0 Å². The number of aryl methyl sites for hydroxylation is 1. The van der Waals surface area contributed by atoms with Crippen LogP contribution in [-0.4, -0.2) is 21.5 Å². The van der Waals surface area contributed by atoms with Crippen molar-refractivity contribution in [1.29, 1.82) is 0 Å². The molecule has 2 aromatic rings. The molecule has 1 heterocycles. The number of nitrogens with one attached hydrogen (secondary N) is 1. The first-order chi connectivity index (χ1) is 10.9. The Balaban J connectivity index is 2.06. The molecular weight excluding hydrogens is 340 g/mol. The molecule has 0 saturated carbocycles. The fourth-order valence-electron chi connectivity index (χ4n) is 1.78. The fourth-order valence-corrected chi connectivity index (χ4v) is 2.58. The Kier molecular flexibility index (Phi) is 5.41. The third kappa shape index (κ3) is 4.57. The van der Waals surface area contributed by atoms with Gasteiger partial charge in [-0.05, 0) is 19.9 Å². The van der Waals surface area contributed by atoms with E-state index in [0.29, 0.717) is 17.0 Å². The minimum atomic E-state index is -0.567. The average Bonchev–Trinajstić information content (AvgIpc) is 2.90. The van der Waals surface area contributed by atoms with Crippen LogP contribution in [0.3, 0.4) is 0 Å². The van der Waals surface area contributed by atoms with Gasteiger partial charge in [-0.2, -0.15) is 5.10 Å². The second kappa shape index (κ2) is 7.30. The second-order valence-corrected chi connectivity index (χ2v) is 6.16. The Morgan fingerprint density at radius 2 is 2.26 bits per heavy atom. The van der Waals surface area contributed by atoms with Gasteiger partial charge in [0.15, 0.2) is 0 Å². The maximum Gasteiger partial charge on any atom is 0.288 e. The van der Waals surface area contributed by atoms with E-state index in [0.717, 1.165) is 5.01 Å². The quantitative estimate of drug-likeness (QED) is 0.508. The lowest BCUT2D eigenvalue weighted by Crippen LogP contribution is -2.21. The third-order valence-electron chi connectivity index (χ3n) is 2.92. The minimum absolute atomic E-state index is 0.0505. The molecule has 0 aliphatic carbocycles. The van der Waals surface area contributed by atoms with Gasteiger partial charge in [-0.3, -0.25) is 14.9 Å². The summed E-state index contributed by atoms with van der Waals surface area (Å²) in [6.07, 6.45) is 0.127. The summed E-state index contributed by atoms with van der Waals surface area (Å²) in [5, 5.41) is 17.6. The van der Waals surface area contributed by atoms with Crippen LogP contribution in [-0.2, 0) is 11.2 Å². The van der Waals surface area contributed by atoms with Crippen molar-refractivity contribution < 1.29 is 9.72 Å². The van der Waals surface area contributed by atoms with Gasteiger partial charge in [-0.1, -0.05) is 17.7 Å². The molecule has 1 N–H and O–H groups in total. The number of thiazole rings is 1. The number of hydrazone groups is 1. The Bertz CT molecular complexity index is 788. The molecule has 0 spiro atoms. The monoisotopic (exact) mass is 352 g/mol. The number of hydrogen-bond donors (Lipinski definition) is 1.